The van der Waals surface area contributed by atoms with Gasteiger partial charge in [-0.1, -0.05) is 78.9 Å². The van der Waals surface area contributed by atoms with Crippen LogP contribution in [-0.4, -0.2) is 49.3 Å². The van der Waals surface area contributed by atoms with E-state index in [2.05, 4.69) is 22.3 Å². The van der Waals surface area contributed by atoms with Crippen LogP contribution in [-0.2, 0) is 25.9 Å². The van der Waals surface area contributed by atoms with Gasteiger partial charge in [-0.05, 0) is 65.8 Å². The lowest BCUT2D eigenvalue weighted by molar-refractivity contribution is -0.0453. The molecule has 1 fully saturated rings. The highest BCUT2D eigenvalue weighted by atomic mass is 16.3. The van der Waals surface area contributed by atoms with E-state index in [4.69, 9.17) is 11.5 Å². The number of aliphatic hydroxyl groups is 1. The fourth-order valence-electron chi connectivity index (χ4n) is 6.08. The van der Waals surface area contributed by atoms with Crippen LogP contribution in [0.3, 0.4) is 0 Å². The molecule has 0 unspecified atom stereocenters. The molecule has 8 heteroatoms. The Morgan fingerprint density at radius 1 is 0.738 bits per heavy atom. The summed E-state index contributed by atoms with van der Waals surface area (Å²) in [5, 5.41) is 20.0. The molecule has 1 saturated heterocycles. The second-order valence-corrected chi connectivity index (χ2v) is 11.1. The van der Waals surface area contributed by atoms with Gasteiger partial charge < -0.3 is 26.4 Å². The maximum absolute atomic E-state index is 14.5. The van der Waals surface area contributed by atoms with E-state index in [1.807, 2.05) is 101 Å². The van der Waals surface area contributed by atoms with Gasteiger partial charge in [0.25, 0.3) is 0 Å². The molecular weight excluding hydrogens is 524 g/mol. The summed E-state index contributed by atoms with van der Waals surface area (Å²) in [6.45, 7) is 0.676. The van der Waals surface area contributed by atoms with Gasteiger partial charge in [0.2, 0.25) is 0 Å². The summed E-state index contributed by atoms with van der Waals surface area (Å²) in [7, 11) is 0. The SMILES string of the molecule is Nc1cccc(CN2C(=O)N(Cc3ccc4[nH]nc(N)c4c3)[C@H](CCc3ccccc3)[C@@H](O)[C@H]2Cc2ccccc2)c1. The first-order chi connectivity index (χ1) is 20.5. The number of nitrogen functional groups attached to an aromatic ring is 2. The highest BCUT2D eigenvalue weighted by molar-refractivity contribution is 5.89. The average Bonchev–Trinajstić information content (AvgIpc) is 3.38. The topological polar surface area (TPSA) is 124 Å². The van der Waals surface area contributed by atoms with E-state index in [9.17, 15) is 9.90 Å². The van der Waals surface area contributed by atoms with Gasteiger partial charge in [-0.3, -0.25) is 5.10 Å². The van der Waals surface area contributed by atoms with Crippen LogP contribution < -0.4 is 11.5 Å². The number of hydrogen-bond acceptors (Lipinski definition) is 5. The number of urea groups is 1. The number of aromatic amines is 1. The molecule has 0 spiro atoms. The monoisotopic (exact) mass is 560 g/mol. The van der Waals surface area contributed by atoms with Crippen molar-refractivity contribution in [3.8, 4) is 0 Å². The van der Waals surface area contributed by atoms with Gasteiger partial charge in [0.1, 0.15) is 0 Å². The molecule has 6 N–H and O–H groups in total. The number of nitrogens with one attached hydrogen (secondary N) is 1. The minimum Gasteiger partial charge on any atom is -0.399 e. The lowest BCUT2D eigenvalue weighted by Gasteiger charge is -2.49. The Morgan fingerprint density at radius 3 is 2.10 bits per heavy atom. The second-order valence-electron chi connectivity index (χ2n) is 11.1. The molecule has 0 saturated carbocycles. The molecule has 1 aliphatic rings. The van der Waals surface area contributed by atoms with Crippen molar-refractivity contribution >= 4 is 28.4 Å². The van der Waals surface area contributed by atoms with E-state index < -0.39 is 12.1 Å². The average molecular weight is 561 g/mol. The lowest BCUT2D eigenvalue weighted by Crippen LogP contribution is -2.66. The number of rotatable bonds is 9. The Balaban J connectivity index is 1.37. The number of fused-ring (bicyclic) bond motifs is 1. The fraction of sp³-hybridized carbons (Fsp3) is 0.235. The predicted octanol–water partition coefficient (Wildman–Crippen LogP) is 5.14. The first-order valence-electron chi connectivity index (χ1n) is 14.4. The molecule has 8 nitrogen and oxygen atoms in total. The quantitative estimate of drug-likeness (QED) is 0.186. The zero-order valence-corrected chi connectivity index (χ0v) is 23.4. The fourth-order valence-corrected chi connectivity index (χ4v) is 6.08. The van der Waals surface area contributed by atoms with Crippen LogP contribution in [0, 0.1) is 0 Å². The van der Waals surface area contributed by atoms with Crippen LogP contribution >= 0.6 is 0 Å². The van der Waals surface area contributed by atoms with Crippen molar-refractivity contribution in [2.75, 3.05) is 11.5 Å². The molecule has 0 radical (unpaired) electrons. The van der Waals surface area contributed by atoms with Gasteiger partial charge in [-0.25, -0.2) is 4.79 Å². The van der Waals surface area contributed by atoms with Crippen molar-refractivity contribution < 1.29 is 9.90 Å². The molecule has 4 aromatic carbocycles. The van der Waals surface area contributed by atoms with Crippen LogP contribution in [0.15, 0.2) is 103 Å². The van der Waals surface area contributed by atoms with E-state index >= 15 is 0 Å². The molecule has 3 atom stereocenters. The van der Waals surface area contributed by atoms with E-state index in [1.54, 1.807) is 0 Å². The molecule has 1 aliphatic heterocycles. The highest BCUT2D eigenvalue weighted by Crippen LogP contribution is 2.32. The van der Waals surface area contributed by atoms with Crippen LogP contribution in [0.2, 0.25) is 0 Å². The van der Waals surface area contributed by atoms with Gasteiger partial charge in [0, 0.05) is 24.2 Å². The second kappa shape index (κ2) is 12.0. The zero-order valence-electron chi connectivity index (χ0n) is 23.4. The third-order valence-corrected chi connectivity index (χ3v) is 8.25. The molecule has 0 bridgehead atoms. The normalized spacial score (nSPS) is 19.0. The molecule has 0 aliphatic carbocycles. The van der Waals surface area contributed by atoms with Crippen LogP contribution in [0.1, 0.15) is 28.7 Å². The maximum Gasteiger partial charge on any atom is 0.321 e. The summed E-state index contributed by atoms with van der Waals surface area (Å²) in [5.74, 6) is 0.420. The molecule has 2 heterocycles. The molecule has 2 amide bonds. The van der Waals surface area contributed by atoms with Crippen molar-refractivity contribution in [1.82, 2.24) is 20.0 Å². The van der Waals surface area contributed by atoms with Crippen molar-refractivity contribution in [3.05, 3.63) is 125 Å². The number of benzene rings is 4. The third-order valence-electron chi connectivity index (χ3n) is 8.25. The van der Waals surface area contributed by atoms with Crippen molar-refractivity contribution in [2.24, 2.45) is 0 Å². The van der Waals surface area contributed by atoms with E-state index in [1.165, 1.54) is 5.56 Å². The van der Waals surface area contributed by atoms with E-state index in [0.29, 0.717) is 37.4 Å². The molecular formula is C34H36N6O2. The molecule has 42 heavy (non-hydrogen) atoms. The number of nitrogens with zero attached hydrogens (tertiary/aromatic N) is 3. The van der Waals surface area contributed by atoms with E-state index in [0.717, 1.165) is 34.0 Å². The number of nitrogens with two attached hydrogens (primary N) is 2. The predicted molar refractivity (Wildman–Crippen MR) is 166 cm³/mol. The summed E-state index contributed by atoms with van der Waals surface area (Å²) < 4.78 is 0. The number of hydrogen-bond donors (Lipinski definition) is 4. The van der Waals surface area contributed by atoms with Gasteiger partial charge >= 0.3 is 6.03 Å². The third kappa shape index (κ3) is 5.80. The number of aryl methyl sites for hydroxylation is 1. The minimum absolute atomic E-state index is 0.109. The number of carbonyl (C=O) groups excluding carboxylic acids is 1. The zero-order chi connectivity index (χ0) is 29.1. The lowest BCUT2D eigenvalue weighted by atomic mass is 9.88. The Bertz CT molecular complexity index is 1660. The Labute approximate surface area is 245 Å². The van der Waals surface area contributed by atoms with Gasteiger partial charge in [-0.15, -0.1) is 0 Å². The van der Waals surface area contributed by atoms with Gasteiger partial charge in [0.05, 0.1) is 23.7 Å². The molecule has 214 valence electrons. The van der Waals surface area contributed by atoms with Crippen molar-refractivity contribution in [2.45, 2.75) is 50.5 Å². The Hall–Kier alpha value is -4.82. The van der Waals surface area contributed by atoms with Crippen LogP contribution in [0.5, 0.6) is 0 Å². The summed E-state index contributed by atoms with van der Waals surface area (Å²) in [5.41, 5.74) is 17.8. The molecule has 1 aromatic heterocycles. The maximum atomic E-state index is 14.5. The minimum atomic E-state index is -0.782. The number of aromatic nitrogens is 2. The molecule has 6 rings (SSSR count). The number of anilines is 2. The largest absolute Gasteiger partial charge is 0.399 e. The summed E-state index contributed by atoms with van der Waals surface area (Å²) >= 11 is 0. The van der Waals surface area contributed by atoms with Crippen molar-refractivity contribution in [3.63, 3.8) is 0 Å². The van der Waals surface area contributed by atoms with Crippen LogP contribution in [0.25, 0.3) is 10.9 Å². The Kier molecular flexibility index (Phi) is 7.79. The molecule has 5 aromatic rings. The highest BCUT2D eigenvalue weighted by Gasteiger charge is 2.45. The van der Waals surface area contributed by atoms with Gasteiger partial charge in [-0.2, -0.15) is 5.10 Å². The van der Waals surface area contributed by atoms with Crippen molar-refractivity contribution in [1.29, 1.82) is 0 Å². The van der Waals surface area contributed by atoms with Gasteiger partial charge in [0.15, 0.2) is 5.82 Å². The Morgan fingerprint density at radius 2 is 1.38 bits per heavy atom. The smallest absolute Gasteiger partial charge is 0.321 e. The number of aliphatic hydroxyl groups excluding tert-OH is 1. The number of H-pyrrole nitrogens is 1. The summed E-state index contributed by atoms with van der Waals surface area (Å²) in [6.07, 6.45) is 1.14. The van der Waals surface area contributed by atoms with Crippen LogP contribution in [0.4, 0.5) is 16.3 Å². The first kappa shape index (κ1) is 27.4. The number of amides is 2. The summed E-state index contributed by atoms with van der Waals surface area (Å²) in [6, 6.07) is 32.8. The summed E-state index contributed by atoms with van der Waals surface area (Å²) in [4.78, 5) is 18.2. The standard InChI is InChI=1S/C34H36N6O2/c35-27-13-7-12-25(18-27)21-40-31(20-24-10-5-2-6-11-24)32(41)30(17-15-23-8-3-1-4-9-23)39(34(40)42)22-26-14-16-29-28(19-26)33(36)38-37-29/h1-14,16,18-19,30-32,41H,15,17,20-22,35H2,(H3,36,37,38)/t30-,31-,32-/m1/s1. The first-order valence-corrected chi connectivity index (χ1v) is 14.4. The number of carbonyl (C=O) groups is 1. The van der Waals surface area contributed by atoms with E-state index in [-0.39, 0.29) is 12.1 Å².